The summed E-state index contributed by atoms with van der Waals surface area (Å²) in [5.41, 5.74) is 6.11. The van der Waals surface area contributed by atoms with E-state index >= 15 is 0 Å². The number of para-hydroxylation sites is 1. The quantitative estimate of drug-likeness (QED) is 0.749. The first kappa shape index (κ1) is 16.4. The Labute approximate surface area is 141 Å². The van der Waals surface area contributed by atoms with Crippen molar-refractivity contribution in [3.8, 4) is 0 Å². The summed E-state index contributed by atoms with van der Waals surface area (Å²) < 4.78 is 27.9. The summed E-state index contributed by atoms with van der Waals surface area (Å²) in [6.45, 7) is 0.214. The highest BCUT2D eigenvalue weighted by molar-refractivity contribution is 9.10. The Morgan fingerprint density at radius 2 is 1.95 bits per heavy atom. The average molecular weight is 405 g/mol. The molecule has 0 amide bonds. The molecule has 2 rings (SSSR count). The lowest BCUT2D eigenvalue weighted by Crippen LogP contribution is -2.33. The van der Waals surface area contributed by atoms with Gasteiger partial charge in [-0.05, 0) is 39.5 Å². The van der Waals surface area contributed by atoms with Crippen molar-refractivity contribution in [2.75, 3.05) is 10.8 Å². The van der Waals surface area contributed by atoms with Crippen molar-refractivity contribution < 1.29 is 8.42 Å². The number of thiophene rings is 1. The fourth-order valence-corrected chi connectivity index (χ4v) is 5.73. The fourth-order valence-electron chi connectivity index (χ4n) is 1.76. The second kappa shape index (κ2) is 6.87. The monoisotopic (exact) mass is 404 g/mol. The molecule has 2 N–H and O–H groups in total. The summed E-state index contributed by atoms with van der Waals surface area (Å²) in [5.74, 6) is 0. The van der Waals surface area contributed by atoms with Crippen LogP contribution in [-0.2, 0) is 10.0 Å². The van der Waals surface area contributed by atoms with E-state index in [1.165, 1.54) is 15.6 Å². The molecule has 2 aromatic rings. The van der Waals surface area contributed by atoms with Crippen LogP contribution in [0.2, 0.25) is 0 Å². The van der Waals surface area contributed by atoms with Crippen molar-refractivity contribution >= 4 is 60.2 Å². The van der Waals surface area contributed by atoms with Crippen molar-refractivity contribution in [3.05, 3.63) is 46.3 Å². The predicted octanol–water partition coefficient (Wildman–Crippen LogP) is 3.38. The molecular formula is C13H13BrN2O2S3. The number of sulfonamides is 1. The Hall–Kier alpha value is -0.960. The van der Waals surface area contributed by atoms with Gasteiger partial charge >= 0.3 is 0 Å². The predicted molar refractivity (Wildman–Crippen MR) is 94.4 cm³/mol. The first-order chi connectivity index (χ1) is 9.93. The molecule has 0 spiro atoms. The lowest BCUT2D eigenvalue weighted by molar-refractivity contribution is 0.593. The third kappa shape index (κ3) is 3.82. The average Bonchev–Trinajstić information content (AvgIpc) is 2.86. The van der Waals surface area contributed by atoms with Crippen LogP contribution in [0.1, 0.15) is 6.42 Å². The van der Waals surface area contributed by atoms with Crippen LogP contribution < -0.4 is 10.0 Å². The van der Waals surface area contributed by atoms with Crippen molar-refractivity contribution in [2.45, 2.75) is 10.6 Å². The van der Waals surface area contributed by atoms with E-state index in [2.05, 4.69) is 15.9 Å². The summed E-state index contributed by atoms with van der Waals surface area (Å²) in [6, 6.07) is 10.6. The number of thiocarbonyl (C=S) groups is 1. The summed E-state index contributed by atoms with van der Waals surface area (Å²) in [6.07, 6.45) is 0.326. The first-order valence-corrected chi connectivity index (χ1v) is 9.54. The molecular weight excluding hydrogens is 392 g/mol. The van der Waals surface area contributed by atoms with Crippen molar-refractivity contribution in [3.63, 3.8) is 0 Å². The maximum atomic E-state index is 12.8. The van der Waals surface area contributed by atoms with Crippen LogP contribution in [0.5, 0.6) is 0 Å². The summed E-state index contributed by atoms with van der Waals surface area (Å²) in [7, 11) is -3.65. The number of halogens is 1. The molecule has 0 unspecified atom stereocenters. The summed E-state index contributed by atoms with van der Waals surface area (Å²) in [5, 5.41) is 1.73. The first-order valence-electron chi connectivity index (χ1n) is 6.02. The van der Waals surface area contributed by atoms with Crippen molar-refractivity contribution in [2.24, 2.45) is 5.73 Å². The molecule has 1 aromatic heterocycles. The maximum absolute atomic E-state index is 12.8. The molecule has 112 valence electrons. The van der Waals surface area contributed by atoms with Crippen LogP contribution in [0.4, 0.5) is 5.69 Å². The van der Waals surface area contributed by atoms with Crippen LogP contribution in [0.3, 0.4) is 0 Å². The van der Waals surface area contributed by atoms with Crippen molar-refractivity contribution in [1.29, 1.82) is 0 Å². The third-order valence-corrected chi connectivity index (χ3v) is 7.39. The number of nitrogens with zero attached hydrogens (tertiary/aromatic N) is 1. The minimum absolute atomic E-state index is 0.214. The largest absolute Gasteiger partial charge is 0.393 e. The van der Waals surface area contributed by atoms with E-state index in [-0.39, 0.29) is 15.7 Å². The molecule has 8 heteroatoms. The number of anilines is 1. The molecule has 0 saturated carbocycles. The summed E-state index contributed by atoms with van der Waals surface area (Å²) in [4.78, 5) is 0.288. The number of rotatable bonds is 6. The normalized spacial score (nSPS) is 11.3. The number of hydrogen-bond acceptors (Lipinski definition) is 4. The van der Waals surface area contributed by atoms with E-state index in [0.717, 1.165) is 0 Å². The highest BCUT2D eigenvalue weighted by Gasteiger charge is 2.28. The molecule has 0 saturated heterocycles. The Morgan fingerprint density at radius 3 is 2.48 bits per heavy atom. The second-order valence-electron chi connectivity index (χ2n) is 4.19. The highest BCUT2D eigenvalue weighted by atomic mass is 79.9. The van der Waals surface area contributed by atoms with Crippen molar-refractivity contribution in [1.82, 2.24) is 0 Å². The smallest absolute Gasteiger partial charge is 0.274 e. The van der Waals surface area contributed by atoms with Crippen LogP contribution in [0, 0.1) is 0 Å². The van der Waals surface area contributed by atoms with Gasteiger partial charge in [0.05, 0.1) is 10.7 Å². The molecule has 0 aliphatic carbocycles. The molecule has 1 heterocycles. The van der Waals surface area contributed by atoms with E-state index in [9.17, 15) is 8.42 Å². The minimum atomic E-state index is -3.65. The zero-order chi connectivity index (χ0) is 15.5. The van der Waals surface area contributed by atoms with Crippen LogP contribution in [-0.4, -0.2) is 20.0 Å². The Bertz CT molecular complexity index is 729. The highest BCUT2D eigenvalue weighted by Crippen LogP contribution is 2.32. The van der Waals surface area contributed by atoms with Gasteiger partial charge in [-0.3, -0.25) is 4.31 Å². The minimum Gasteiger partial charge on any atom is -0.393 e. The standard InChI is InChI=1S/C13H13BrN2O2S3/c14-11-7-9-20-13(11)21(17,18)16(8-6-12(15)19)10-4-2-1-3-5-10/h1-5,7,9H,6,8H2,(H2,15,19). The van der Waals surface area contributed by atoms with E-state index in [0.29, 0.717) is 16.6 Å². The van der Waals surface area contributed by atoms with Gasteiger partial charge in [-0.1, -0.05) is 30.4 Å². The van der Waals surface area contributed by atoms with Gasteiger partial charge in [0, 0.05) is 17.4 Å². The molecule has 0 aliphatic heterocycles. The van der Waals surface area contributed by atoms with Gasteiger partial charge in [-0.15, -0.1) is 11.3 Å². The molecule has 0 radical (unpaired) electrons. The zero-order valence-electron chi connectivity index (χ0n) is 10.9. The zero-order valence-corrected chi connectivity index (χ0v) is 14.9. The van der Waals surface area contributed by atoms with Gasteiger partial charge in [0.25, 0.3) is 10.0 Å². The molecule has 0 fully saturated rings. The van der Waals surface area contributed by atoms with Gasteiger partial charge in [-0.25, -0.2) is 8.42 Å². The van der Waals surface area contributed by atoms with Crippen LogP contribution in [0.15, 0.2) is 50.5 Å². The lowest BCUT2D eigenvalue weighted by Gasteiger charge is -2.23. The maximum Gasteiger partial charge on any atom is 0.274 e. The van der Waals surface area contributed by atoms with Gasteiger partial charge in [0.2, 0.25) is 0 Å². The van der Waals surface area contributed by atoms with E-state index < -0.39 is 10.0 Å². The van der Waals surface area contributed by atoms with E-state index in [1.807, 2.05) is 6.07 Å². The number of hydrogen-bond donors (Lipinski definition) is 1. The second-order valence-corrected chi connectivity index (χ2v) is 8.54. The van der Waals surface area contributed by atoms with Crippen LogP contribution >= 0.6 is 39.5 Å². The van der Waals surface area contributed by atoms with E-state index in [1.54, 1.807) is 35.7 Å². The lowest BCUT2D eigenvalue weighted by atomic mass is 10.3. The van der Waals surface area contributed by atoms with Gasteiger partial charge < -0.3 is 5.73 Å². The Kier molecular flexibility index (Phi) is 5.37. The topological polar surface area (TPSA) is 63.4 Å². The van der Waals surface area contributed by atoms with Gasteiger partial charge in [-0.2, -0.15) is 0 Å². The SMILES string of the molecule is NC(=S)CCN(c1ccccc1)S(=O)(=O)c1sccc1Br. The fraction of sp³-hybridized carbons (Fsp3) is 0.154. The number of nitrogens with two attached hydrogens (primary N) is 1. The summed E-state index contributed by atoms with van der Waals surface area (Å²) >= 11 is 9.31. The van der Waals surface area contributed by atoms with E-state index in [4.69, 9.17) is 18.0 Å². The van der Waals surface area contributed by atoms with Gasteiger partial charge in [0.15, 0.2) is 4.21 Å². The van der Waals surface area contributed by atoms with Crippen LogP contribution in [0.25, 0.3) is 0 Å². The molecule has 0 atom stereocenters. The molecule has 21 heavy (non-hydrogen) atoms. The molecule has 0 bridgehead atoms. The van der Waals surface area contributed by atoms with Gasteiger partial charge in [0.1, 0.15) is 0 Å². The Morgan fingerprint density at radius 1 is 1.29 bits per heavy atom. The number of benzene rings is 1. The Balaban J connectivity index is 2.44. The molecule has 1 aromatic carbocycles. The third-order valence-electron chi connectivity index (χ3n) is 2.71. The molecule has 4 nitrogen and oxygen atoms in total. The molecule has 0 aliphatic rings.